The Bertz CT molecular complexity index is 461. The standard InChI is InChI=1S/C17H26N2/c1-12(2)14(10-18)11-19-16-8-7-15(9-13(16)3)17(4,5)6/h7-9,12,14,19H,11H2,1-6H3. The summed E-state index contributed by atoms with van der Waals surface area (Å²) in [6, 6.07) is 8.90. The summed E-state index contributed by atoms with van der Waals surface area (Å²) in [7, 11) is 0. The van der Waals surface area contributed by atoms with Gasteiger partial charge >= 0.3 is 0 Å². The van der Waals surface area contributed by atoms with Gasteiger partial charge in [-0.15, -0.1) is 0 Å². The van der Waals surface area contributed by atoms with E-state index in [0.717, 1.165) is 5.69 Å². The van der Waals surface area contributed by atoms with Crippen molar-refractivity contribution >= 4 is 5.69 Å². The highest BCUT2D eigenvalue weighted by atomic mass is 14.9. The number of hydrogen-bond acceptors (Lipinski definition) is 2. The van der Waals surface area contributed by atoms with Crippen molar-refractivity contribution in [1.29, 1.82) is 5.26 Å². The lowest BCUT2D eigenvalue weighted by atomic mass is 9.86. The van der Waals surface area contributed by atoms with Crippen molar-refractivity contribution in [1.82, 2.24) is 0 Å². The Kier molecular flexibility index (Phi) is 5.00. The van der Waals surface area contributed by atoms with Crippen LogP contribution in [0.4, 0.5) is 5.69 Å². The first kappa shape index (κ1) is 15.6. The normalized spacial score (nSPS) is 13.2. The molecule has 1 N–H and O–H groups in total. The lowest BCUT2D eigenvalue weighted by Crippen LogP contribution is -2.18. The first-order valence-electron chi connectivity index (χ1n) is 7.00. The summed E-state index contributed by atoms with van der Waals surface area (Å²) in [4.78, 5) is 0. The minimum absolute atomic E-state index is 0.0571. The molecule has 0 amide bonds. The summed E-state index contributed by atoms with van der Waals surface area (Å²) in [6.07, 6.45) is 0. The van der Waals surface area contributed by atoms with Crippen molar-refractivity contribution in [3.63, 3.8) is 0 Å². The van der Waals surface area contributed by atoms with E-state index in [1.165, 1.54) is 11.1 Å². The molecule has 0 bridgehead atoms. The zero-order chi connectivity index (χ0) is 14.6. The number of nitrogens with one attached hydrogen (secondary N) is 1. The summed E-state index contributed by atoms with van der Waals surface area (Å²) < 4.78 is 0. The van der Waals surface area contributed by atoms with E-state index in [9.17, 15) is 0 Å². The van der Waals surface area contributed by atoms with Crippen LogP contribution < -0.4 is 5.32 Å². The molecule has 2 heteroatoms. The Morgan fingerprint density at radius 3 is 2.32 bits per heavy atom. The second-order valence-corrected chi connectivity index (χ2v) is 6.64. The molecule has 0 radical (unpaired) electrons. The molecule has 0 saturated carbocycles. The Labute approximate surface area is 117 Å². The number of anilines is 1. The molecule has 0 fully saturated rings. The monoisotopic (exact) mass is 258 g/mol. The van der Waals surface area contributed by atoms with Gasteiger partial charge in [-0.25, -0.2) is 0 Å². The van der Waals surface area contributed by atoms with Gasteiger partial charge in [0.2, 0.25) is 0 Å². The zero-order valence-corrected chi connectivity index (χ0v) is 13.0. The molecule has 19 heavy (non-hydrogen) atoms. The quantitative estimate of drug-likeness (QED) is 0.863. The molecule has 1 aromatic carbocycles. The van der Waals surface area contributed by atoms with E-state index in [2.05, 4.69) is 71.1 Å². The molecule has 0 aliphatic rings. The van der Waals surface area contributed by atoms with Crippen LogP contribution in [0.1, 0.15) is 45.7 Å². The first-order chi connectivity index (χ1) is 8.75. The molecule has 0 aliphatic carbocycles. The zero-order valence-electron chi connectivity index (χ0n) is 13.0. The van der Waals surface area contributed by atoms with Gasteiger partial charge in [0.05, 0.1) is 12.0 Å². The SMILES string of the molecule is Cc1cc(C(C)(C)C)ccc1NCC(C#N)C(C)C. The van der Waals surface area contributed by atoms with E-state index < -0.39 is 0 Å². The first-order valence-corrected chi connectivity index (χ1v) is 7.00. The molecule has 1 aromatic rings. The maximum Gasteiger partial charge on any atom is 0.0677 e. The van der Waals surface area contributed by atoms with Crippen LogP contribution in [-0.2, 0) is 5.41 Å². The van der Waals surface area contributed by atoms with Crippen LogP contribution in [0.25, 0.3) is 0 Å². The molecule has 0 spiro atoms. The van der Waals surface area contributed by atoms with Crippen molar-refractivity contribution < 1.29 is 0 Å². The number of benzene rings is 1. The number of nitriles is 1. The highest BCUT2D eigenvalue weighted by Gasteiger charge is 2.15. The highest BCUT2D eigenvalue weighted by Crippen LogP contribution is 2.26. The second-order valence-electron chi connectivity index (χ2n) is 6.64. The maximum atomic E-state index is 9.10. The van der Waals surface area contributed by atoms with Crippen LogP contribution in [0, 0.1) is 30.1 Å². The Hall–Kier alpha value is -1.49. The smallest absolute Gasteiger partial charge is 0.0677 e. The predicted molar refractivity (Wildman–Crippen MR) is 82.3 cm³/mol. The van der Waals surface area contributed by atoms with Gasteiger partial charge in [-0.2, -0.15) is 5.26 Å². The molecular weight excluding hydrogens is 232 g/mol. The van der Waals surface area contributed by atoms with Crippen molar-refractivity contribution in [3.8, 4) is 6.07 Å². The van der Waals surface area contributed by atoms with E-state index in [1.54, 1.807) is 0 Å². The van der Waals surface area contributed by atoms with Crippen LogP contribution >= 0.6 is 0 Å². The third-order valence-corrected chi connectivity index (χ3v) is 3.58. The number of rotatable bonds is 4. The molecule has 1 atom stereocenters. The van der Waals surface area contributed by atoms with Gasteiger partial charge in [0.1, 0.15) is 0 Å². The average Bonchev–Trinajstić information content (AvgIpc) is 2.29. The van der Waals surface area contributed by atoms with Crippen molar-refractivity contribution in [2.75, 3.05) is 11.9 Å². The minimum atomic E-state index is 0.0571. The lowest BCUT2D eigenvalue weighted by molar-refractivity contribution is 0.496. The third kappa shape index (κ3) is 4.28. The van der Waals surface area contributed by atoms with Crippen LogP contribution in [0.2, 0.25) is 0 Å². The number of aryl methyl sites for hydroxylation is 1. The van der Waals surface area contributed by atoms with E-state index >= 15 is 0 Å². The van der Waals surface area contributed by atoms with E-state index in [-0.39, 0.29) is 11.3 Å². The number of hydrogen-bond donors (Lipinski definition) is 1. The summed E-state index contributed by atoms with van der Waals surface area (Å²) >= 11 is 0. The Balaban J connectivity index is 2.79. The summed E-state index contributed by atoms with van der Waals surface area (Å²) in [5.74, 6) is 0.438. The van der Waals surface area contributed by atoms with Gasteiger partial charge in [-0.3, -0.25) is 0 Å². The maximum absolute atomic E-state index is 9.10. The van der Waals surface area contributed by atoms with E-state index in [1.807, 2.05) is 0 Å². The van der Waals surface area contributed by atoms with Crippen LogP contribution in [0.15, 0.2) is 18.2 Å². The molecule has 0 saturated heterocycles. The second kappa shape index (κ2) is 6.10. The van der Waals surface area contributed by atoms with Crippen LogP contribution in [0.3, 0.4) is 0 Å². The Morgan fingerprint density at radius 1 is 1.26 bits per heavy atom. The Morgan fingerprint density at radius 2 is 1.89 bits per heavy atom. The molecule has 0 heterocycles. The lowest BCUT2D eigenvalue weighted by Gasteiger charge is -2.21. The van der Waals surface area contributed by atoms with Gasteiger partial charge < -0.3 is 5.32 Å². The fraction of sp³-hybridized carbons (Fsp3) is 0.588. The van der Waals surface area contributed by atoms with Crippen LogP contribution in [0.5, 0.6) is 0 Å². The fourth-order valence-electron chi connectivity index (χ4n) is 1.98. The van der Waals surface area contributed by atoms with E-state index in [4.69, 9.17) is 5.26 Å². The fourth-order valence-corrected chi connectivity index (χ4v) is 1.98. The molecule has 104 valence electrons. The average molecular weight is 258 g/mol. The van der Waals surface area contributed by atoms with Crippen molar-refractivity contribution in [3.05, 3.63) is 29.3 Å². The predicted octanol–water partition coefficient (Wildman–Crippen LogP) is 4.50. The van der Waals surface area contributed by atoms with Gasteiger partial charge in [0.15, 0.2) is 0 Å². The molecular formula is C17H26N2. The van der Waals surface area contributed by atoms with Crippen molar-refractivity contribution in [2.45, 2.75) is 47.0 Å². The molecule has 0 aliphatic heterocycles. The molecule has 0 aromatic heterocycles. The number of nitrogens with zero attached hydrogens (tertiary/aromatic N) is 1. The summed E-state index contributed by atoms with van der Waals surface area (Å²) in [6.45, 7) is 13.7. The van der Waals surface area contributed by atoms with Gasteiger partial charge in [0.25, 0.3) is 0 Å². The minimum Gasteiger partial charge on any atom is -0.384 e. The van der Waals surface area contributed by atoms with Crippen LogP contribution in [-0.4, -0.2) is 6.54 Å². The molecule has 1 unspecified atom stereocenters. The summed E-state index contributed by atoms with van der Waals surface area (Å²) in [5, 5.41) is 12.5. The highest BCUT2D eigenvalue weighted by molar-refractivity contribution is 5.53. The topological polar surface area (TPSA) is 35.8 Å². The molecule has 2 nitrogen and oxygen atoms in total. The van der Waals surface area contributed by atoms with E-state index in [0.29, 0.717) is 12.5 Å². The van der Waals surface area contributed by atoms with Crippen molar-refractivity contribution in [2.24, 2.45) is 11.8 Å². The molecule has 1 rings (SSSR count). The largest absolute Gasteiger partial charge is 0.384 e. The van der Waals surface area contributed by atoms with Gasteiger partial charge in [0, 0.05) is 12.2 Å². The summed E-state index contributed by atoms with van der Waals surface area (Å²) in [5.41, 5.74) is 3.90. The third-order valence-electron chi connectivity index (χ3n) is 3.58. The van der Waals surface area contributed by atoms with Gasteiger partial charge in [-0.1, -0.05) is 46.8 Å². The van der Waals surface area contributed by atoms with Gasteiger partial charge in [-0.05, 0) is 35.4 Å².